The summed E-state index contributed by atoms with van der Waals surface area (Å²) in [4.78, 5) is 10.2. The Morgan fingerprint density at radius 3 is 1.33 bits per heavy atom. The van der Waals surface area contributed by atoms with E-state index in [4.69, 9.17) is 19.3 Å². The molecule has 0 spiro atoms. The van der Waals surface area contributed by atoms with Crippen LogP contribution in [0, 0.1) is 0 Å². The fraction of sp³-hybridized carbons (Fsp3) is 0.130. The molecule has 1 aliphatic rings. The van der Waals surface area contributed by atoms with Gasteiger partial charge in [0.15, 0.2) is 8.07 Å². The molecule has 1 saturated heterocycles. The molecule has 254 valence electrons. The summed E-state index contributed by atoms with van der Waals surface area (Å²) in [6.07, 6.45) is 1.90. The van der Waals surface area contributed by atoms with Gasteiger partial charge in [-0.3, -0.25) is 4.98 Å². The average molecular weight is 693 g/mol. The minimum atomic E-state index is -2.78. The van der Waals surface area contributed by atoms with E-state index in [1.54, 1.807) is 0 Å². The first-order valence-corrected chi connectivity index (χ1v) is 19.9. The second kappa shape index (κ2) is 13.6. The van der Waals surface area contributed by atoms with Crippen LogP contribution in [0.15, 0.2) is 176 Å². The molecule has 0 atom stereocenters. The van der Waals surface area contributed by atoms with Crippen LogP contribution >= 0.6 is 0 Å². The molecule has 1 aliphatic heterocycles. The van der Waals surface area contributed by atoms with Crippen LogP contribution in [0.4, 0.5) is 0 Å². The molecule has 1 fully saturated rings. The topological polar surface area (TPSA) is 44.2 Å². The minimum absolute atomic E-state index is 0.404. The minimum Gasteiger partial charge on any atom is -0.399 e. The van der Waals surface area contributed by atoms with Gasteiger partial charge in [0.25, 0.3) is 0 Å². The lowest BCUT2D eigenvalue weighted by Crippen LogP contribution is -2.74. The monoisotopic (exact) mass is 692 g/mol. The van der Waals surface area contributed by atoms with Crippen LogP contribution in [0.25, 0.3) is 33.8 Å². The smallest absolute Gasteiger partial charge is 0.399 e. The Hall–Kier alpha value is -5.40. The van der Waals surface area contributed by atoms with E-state index < -0.39 is 26.4 Å². The highest BCUT2D eigenvalue weighted by Gasteiger charge is 2.52. The lowest BCUT2D eigenvalue weighted by Gasteiger charge is -2.34. The molecule has 1 aromatic heterocycles. The molecule has 0 amide bonds. The van der Waals surface area contributed by atoms with Crippen molar-refractivity contribution in [3.8, 4) is 33.8 Å². The van der Waals surface area contributed by atoms with Crippen LogP contribution < -0.4 is 26.2 Å². The summed E-state index contributed by atoms with van der Waals surface area (Å²) in [6.45, 7) is 8.39. The molecular formula is C46H41BN2O2Si. The Kier molecular flexibility index (Phi) is 8.84. The van der Waals surface area contributed by atoms with Crippen LogP contribution in [-0.2, 0) is 9.31 Å². The van der Waals surface area contributed by atoms with Gasteiger partial charge in [0.05, 0.1) is 34.5 Å². The maximum absolute atomic E-state index is 6.43. The summed E-state index contributed by atoms with van der Waals surface area (Å²) in [7, 11) is -3.20. The molecule has 0 bridgehead atoms. The maximum Gasteiger partial charge on any atom is 0.494 e. The molecule has 0 radical (unpaired) electrons. The molecule has 0 saturated carbocycles. The van der Waals surface area contributed by atoms with Crippen molar-refractivity contribution >= 4 is 41.4 Å². The third-order valence-electron chi connectivity index (χ3n) is 10.8. The largest absolute Gasteiger partial charge is 0.494 e. The number of aromatic nitrogens is 2. The van der Waals surface area contributed by atoms with Crippen molar-refractivity contribution in [1.82, 2.24) is 9.97 Å². The van der Waals surface area contributed by atoms with Crippen molar-refractivity contribution in [2.45, 2.75) is 38.9 Å². The van der Waals surface area contributed by atoms with E-state index in [1.165, 1.54) is 20.7 Å². The van der Waals surface area contributed by atoms with Gasteiger partial charge in [-0.05, 0) is 53.9 Å². The van der Waals surface area contributed by atoms with Crippen LogP contribution in [0.2, 0.25) is 0 Å². The van der Waals surface area contributed by atoms with Gasteiger partial charge in [0.2, 0.25) is 0 Å². The van der Waals surface area contributed by atoms with Crippen molar-refractivity contribution in [3.05, 3.63) is 176 Å². The zero-order valence-electron chi connectivity index (χ0n) is 30.0. The van der Waals surface area contributed by atoms with Gasteiger partial charge in [-0.15, -0.1) is 0 Å². The van der Waals surface area contributed by atoms with Gasteiger partial charge in [0.1, 0.15) is 0 Å². The van der Waals surface area contributed by atoms with E-state index in [0.29, 0.717) is 0 Å². The van der Waals surface area contributed by atoms with Crippen LogP contribution in [0.5, 0.6) is 0 Å². The lowest BCUT2D eigenvalue weighted by atomic mass is 9.79. The highest BCUT2D eigenvalue weighted by atomic mass is 28.3. The van der Waals surface area contributed by atoms with Gasteiger partial charge < -0.3 is 9.31 Å². The molecule has 0 unspecified atom stereocenters. The van der Waals surface area contributed by atoms with Crippen LogP contribution in [0.1, 0.15) is 27.7 Å². The third kappa shape index (κ3) is 6.03. The van der Waals surface area contributed by atoms with Crippen LogP contribution in [-0.4, -0.2) is 36.4 Å². The standard InChI is InChI=1S/C46H41BN2O2Si/c1-45(2)46(3,4)51-47(50-45)37-27-31-41(32-28-37)52(38-21-13-7-14-22-38,39-23-15-8-16-24-39)40-29-25-34(26-30-40)42-33-48-43(35-17-9-5-10-18-35)44(49-42)36-19-11-6-12-20-36/h5-33H,1-4H3. The molecular weight excluding hydrogens is 651 g/mol. The number of benzene rings is 6. The molecule has 8 rings (SSSR count). The predicted octanol–water partition coefficient (Wildman–Crippen LogP) is 7.15. The lowest BCUT2D eigenvalue weighted by molar-refractivity contribution is 0.00578. The number of rotatable bonds is 8. The van der Waals surface area contributed by atoms with E-state index in [-0.39, 0.29) is 0 Å². The van der Waals surface area contributed by atoms with Crippen molar-refractivity contribution in [3.63, 3.8) is 0 Å². The summed E-state index contributed by atoms with van der Waals surface area (Å²) >= 11 is 0. The van der Waals surface area contributed by atoms with Gasteiger partial charge in [-0.1, -0.05) is 170 Å². The van der Waals surface area contributed by atoms with Crippen molar-refractivity contribution in [1.29, 1.82) is 0 Å². The number of hydrogen-bond acceptors (Lipinski definition) is 4. The number of hydrogen-bond donors (Lipinski definition) is 0. The van der Waals surface area contributed by atoms with Crippen LogP contribution in [0.3, 0.4) is 0 Å². The normalized spacial score (nSPS) is 15.0. The van der Waals surface area contributed by atoms with Crippen molar-refractivity contribution in [2.75, 3.05) is 0 Å². The maximum atomic E-state index is 6.43. The highest BCUT2D eigenvalue weighted by molar-refractivity contribution is 7.19. The molecule has 0 aliphatic carbocycles. The zero-order chi connectivity index (χ0) is 35.8. The van der Waals surface area contributed by atoms with E-state index >= 15 is 0 Å². The number of nitrogens with zero attached hydrogens (tertiary/aromatic N) is 2. The molecule has 7 aromatic rings. The van der Waals surface area contributed by atoms with E-state index in [2.05, 4.69) is 161 Å². The Bertz CT molecular complexity index is 2230. The van der Waals surface area contributed by atoms with E-state index in [9.17, 15) is 0 Å². The Morgan fingerprint density at radius 1 is 0.442 bits per heavy atom. The third-order valence-corrected chi connectivity index (χ3v) is 15.6. The quantitative estimate of drug-likeness (QED) is 0.125. The molecule has 0 N–H and O–H groups in total. The fourth-order valence-electron chi connectivity index (χ4n) is 7.27. The van der Waals surface area contributed by atoms with E-state index in [0.717, 1.165) is 39.2 Å². The SMILES string of the molecule is CC1(C)OB(c2ccc([Si](c3ccccc3)(c3ccccc3)c3ccc(-c4cnc(-c5ccccc5)c(-c5ccccc5)n4)cc3)cc2)OC1(C)C. The summed E-state index contributed by atoms with van der Waals surface area (Å²) in [5.41, 5.74) is 5.89. The van der Waals surface area contributed by atoms with Crippen molar-refractivity contribution in [2.24, 2.45) is 0 Å². The average Bonchev–Trinajstić information content (AvgIpc) is 3.42. The second-order valence-electron chi connectivity index (χ2n) is 14.5. The van der Waals surface area contributed by atoms with Gasteiger partial charge in [-0.25, -0.2) is 4.98 Å². The van der Waals surface area contributed by atoms with Gasteiger partial charge >= 0.3 is 7.12 Å². The molecule has 2 heterocycles. The summed E-state index contributed by atoms with van der Waals surface area (Å²) in [5, 5.41) is 5.21. The molecule has 6 heteroatoms. The Labute approximate surface area is 308 Å². The zero-order valence-corrected chi connectivity index (χ0v) is 31.0. The summed E-state index contributed by atoms with van der Waals surface area (Å²) < 4.78 is 12.9. The first-order valence-electron chi connectivity index (χ1n) is 17.9. The Morgan fingerprint density at radius 2 is 0.846 bits per heavy atom. The van der Waals surface area contributed by atoms with Gasteiger partial charge in [-0.2, -0.15) is 0 Å². The first kappa shape index (κ1) is 33.7. The van der Waals surface area contributed by atoms with Crippen molar-refractivity contribution < 1.29 is 9.31 Å². The highest BCUT2D eigenvalue weighted by Crippen LogP contribution is 2.36. The fourth-order valence-corrected chi connectivity index (χ4v) is 12.0. The molecule has 52 heavy (non-hydrogen) atoms. The Balaban J connectivity index is 1.25. The summed E-state index contributed by atoms with van der Waals surface area (Å²) in [5.74, 6) is 0. The summed E-state index contributed by atoms with van der Waals surface area (Å²) in [6, 6.07) is 60.6. The van der Waals surface area contributed by atoms with E-state index in [1.807, 2.05) is 42.6 Å². The molecule has 6 aromatic carbocycles. The predicted molar refractivity (Wildman–Crippen MR) is 218 cm³/mol. The van der Waals surface area contributed by atoms with Gasteiger partial charge in [0, 0.05) is 16.7 Å². The molecule has 4 nitrogen and oxygen atoms in total. The first-order chi connectivity index (χ1) is 25.3. The second-order valence-corrected chi connectivity index (χ2v) is 18.3.